The quantitative estimate of drug-likeness (QED) is 0.898. The standard InChI is InChI=1S/C16H27N3/c1-12-7-6-8-13(2)16(12)19-10-14(3)17-9-15(19)11-18(4)5/h6-8,14-15,17H,9-11H2,1-5H3. The zero-order valence-electron chi connectivity index (χ0n) is 12.9. The fourth-order valence-corrected chi connectivity index (χ4v) is 3.07. The van der Waals surface area contributed by atoms with E-state index in [0.29, 0.717) is 12.1 Å². The number of para-hydroxylation sites is 1. The first-order valence-corrected chi connectivity index (χ1v) is 7.20. The molecule has 1 aliphatic rings. The number of aryl methyl sites for hydroxylation is 2. The van der Waals surface area contributed by atoms with E-state index in [2.05, 4.69) is 68.2 Å². The first-order valence-electron chi connectivity index (χ1n) is 7.20. The molecule has 1 aliphatic heterocycles. The largest absolute Gasteiger partial charge is 0.364 e. The Kier molecular flexibility index (Phi) is 4.48. The highest BCUT2D eigenvalue weighted by Gasteiger charge is 2.28. The van der Waals surface area contributed by atoms with Crippen LogP contribution in [0.2, 0.25) is 0 Å². The summed E-state index contributed by atoms with van der Waals surface area (Å²) in [5.74, 6) is 0. The molecule has 1 N–H and O–H groups in total. The maximum absolute atomic E-state index is 3.61. The van der Waals surface area contributed by atoms with Gasteiger partial charge in [0.1, 0.15) is 0 Å². The molecule has 0 aromatic heterocycles. The lowest BCUT2D eigenvalue weighted by molar-refractivity contribution is 0.316. The molecule has 0 spiro atoms. The van der Waals surface area contributed by atoms with E-state index in [0.717, 1.165) is 19.6 Å². The first-order chi connectivity index (χ1) is 8.99. The number of nitrogens with one attached hydrogen (secondary N) is 1. The Bertz CT molecular complexity index is 408. The summed E-state index contributed by atoms with van der Waals surface area (Å²) < 4.78 is 0. The summed E-state index contributed by atoms with van der Waals surface area (Å²) in [6, 6.07) is 7.70. The van der Waals surface area contributed by atoms with Gasteiger partial charge in [-0.25, -0.2) is 0 Å². The third-order valence-electron chi connectivity index (χ3n) is 3.92. The van der Waals surface area contributed by atoms with E-state index < -0.39 is 0 Å². The molecule has 19 heavy (non-hydrogen) atoms. The zero-order chi connectivity index (χ0) is 14.0. The van der Waals surface area contributed by atoms with Crippen LogP contribution in [0.3, 0.4) is 0 Å². The van der Waals surface area contributed by atoms with Crippen molar-refractivity contribution in [1.82, 2.24) is 10.2 Å². The van der Waals surface area contributed by atoms with Crippen LogP contribution >= 0.6 is 0 Å². The highest BCUT2D eigenvalue weighted by Crippen LogP contribution is 2.28. The van der Waals surface area contributed by atoms with E-state index in [1.807, 2.05) is 0 Å². The maximum atomic E-state index is 3.61. The van der Waals surface area contributed by atoms with Crippen LogP contribution in [0.1, 0.15) is 18.1 Å². The van der Waals surface area contributed by atoms with E-state index >= 15 is 0 Å². The molecule has 3 nitrogen and oxygen atoms in total. The molecule has 2 rings (SSSR count). The Morgan fingerprint density at radius 3 is 2.47 bits per heavy atom. The third kappa shape index (κ3) is 3.28. The molecule has 0 radical (unpaired) electrons. The number of anilines is 1. The van der Waals surface area contributed by atoms with Crippen molar-refractivity contribution in [2.45, 2.75) is 32.9 Å². The molecule has 1 aromatic rings. The van der Waals surface area contributed by atoms with Crippen molar-refractivity contribution >= 4 is 5.69 Å². The summed E-state index contributed by atoms with van der Waals surface area (Å²) in [6.07, 6.45) is 0. The summed E-state index contributed by atoms with van der Waals surface area (Å²) in [7, 11) is 4.31. The fraction of sp³-hybridized carbons (Fsp3) is 0.625. The number of hydrogen-bond acceptors (Lipinski definition) is 3. The molecule has 106 valence electrons. The van der Waals surface area contributed by atoms with Crippen LogP contribution in [-0.2, 0) is 0 Å². The smallest absolute Gasteiger partial charge is 0.0542 e. The number of benzene rings is 1. The Morgan fingerprint density at radius 2 is 1.89 bits per heavy atom. The second-order valence-electron chi connectivity index (χ2n) is 6.12. The van der Waals surface area contributed by atoms with Crippen LogP contribution in [0.5, 0.6) is 0 Å². The van der Waals surface area contributed by atoms with E-state index in [9.17, 15) is 0 Å². The third-order valence-corrected chi connectivity index (χ3v) is 3.92. The molecular weight excluding hydrogens is 234 g/mol. The molecule has 1 fully saturated rings. The second-order valence-corrected chi connectivity index (χ2v) is 6.12. The van der Waals surface area contributed by atoms with Crippen molar-refractivity contribution < 1.29 is 0 Å². The van der Waals surface area contributed by atoms with Gasteiger partial charge >= 0.3 is 0 Å². The number of rotatable bonds is 3. The van der Waals surface area contributed by atoms with Crippen molar-refractivity contribution in [2.75, 3.05) is 38.6 Å². The van der Waals surface area contributed by atoms with E-state index in [4.69, 9.17) is 0 Å². The van der Waals surface area contributed by atoms with Crippen molar-refractivity contribution in [3.8, 4) is 0 Å². The second kappa shape index (κ2) is 5.93. The first kappa shape index (κ1) is 14.4. The molecule has 2 unspecified atom stereocenters. The van der Waals surface area contributed by atoms with Crippen LogP contribution in [0.4, 0.5) is 5.69 Å². The number of likely N-dealkylation sites (N-methyl/N-ethyl adjacent to an activating group) is 1. The van der Waals surface area contributed by atoms with Crippen LogP contribution in [0.15, 0.2) is 18.2 Å². The van der Waals surface area contributed by atoms with Gasteiger partial charge in [-0.1, -0.05) is 18.2 Å². The fourth-order valence-electron chi connectivity index (χ4n) is 3.07. The molecule has 1 saturated heterocycles. The van der Waals surface area contributed by atoms with Gasteiger partial charge in [0.15, 0.2) is 0 Å². The molecule has 2 atom stereocenters. The summed E-state index contributed by atoms with van der Waals surface area (Å²) in [5, 5.41) is 3.61. The molecule has 1 aromatic carbocycles. The van der Waals surface area contributed by atoms with E-state index in [1.54, 1.807) is 0 Å². The monoisotopic (exact) mass is 261 g/mol. The topological polar surface area (TPSA) is 18.5 Å². The minimum absolute atomic E-state index is 0.547. The molecule has 0 bridgehead atoms. The van der Waals surface area contributed by atoms with Crippen molar-refractivity contribution in [3.05, 3.63) is 29.3 Å². The van der Waals surface area contributed by atoms with E-state index in [1.165, 1.54) is 16.8 Å². The van der Waals surface area contributed by atoms with Gasteiger partial charge in [-0.2, -0.15) is 0 Å². The van der Waals surface area contributed by atoms with Gasteiger partial charge in [0.25, 0.3) is 0 Å². The van der Waals surface area contributed by atoms with Gasteiger partial charge in [-0.3, -0.25) is 0 Å². The van der Waals surface area contributed by atoms with Gasteiger partial charge in [-0.05, 0) is 46.0 Å². The number of piperazine rings is 1. The van der Waals surface area contributed by atoms with Crippen molar-refractivity contribution in [3.63, 3.8) is 0 Å². The maximum Gasteiger partial charge on any atom is 0.0542 e. The number of hydrogen-bond donors (Lipinski definition) is 1. The molecule has 0 saturated carbocycles. The summed E-state index contributed by atoms with van der Waals surface area (Å²) in [6.45, 7) is 9.96. The normalized spacial score (nSPS) is 24.0. The van der Waals surface area contributed by atoms with Crippen LogP contribution in [0, 0.1) is 13.8 Å². The van der Waals surface area contributed by atoms with Gasteiger partial charge in [0.2, 0.25) is 0 Å². The van der Waals surface area contributed by atoms with Crippen molar-refractivity contribution in [1.29, 1.82) is 0 Å². The van der Waals surface area contributed by atoms with Gasteiger partial charge in [-0.15, -0.1) is 0 Å². The lowest BCUT2D eigenvalue weighted by Gasteiger charge is -2.43. The lowest BCUT2D eigenvalue weighted by atomic mass is 10.0. The molecule has 0 aliphatic carbocycles. The summed E-state index contributed by atoms with van der Waals surface area (Å²) >= 11 is 0. The average Bonchev–Trinajstić information content (AvgIpc) is 2.31. The van der Waals surface area contributed by atoms with Crippen LogP contribution in [0.25, 0.3) is 0 Å². The average molecular weight is 261 g/mol. The van der Waals surface area contributed by atoms with Gasteiger partial charge in [0.05, 0.1) is 6.04 Å². The van der Waals surface area contributed by atoms with E-state index in [-0.39, 0.29) is 0 Å². The highest BCUT2D eigenvalue weighted by atomic mass is 15.3. The predicted octanol–water partition coefficient (Wildman–Crippen LogP) is 2.03. The molecular formula is C16H27N3. The zero-order valence-corrected chi connectivity index (χ0v) is 12.9. The molecule has 3 heteroatoms. The summed E-state index contributed by atoms with van der Waals surface area (Å²) in [4.78, 5) is 4.88. The minimum atomic E-state index is 0.547. The minimum Gasteiger partial charge on any atom is -0.364 e. The SMILES string of the molecule is Cc1cccc(C)c1N1CC(C)NCC1CN(C)C. The Labute approximate surface area is 117 Å². The molecule has 1 heterocycles. The molecule has 0 amide bonds. The van der Waals surface area contributed by atoms with Gasteiger partial charge < -0.3 is 15.1 Å². The Hall–Kier alpha value is -1.06. The van der Waals surface area contributed by atoms with Crippen LogP contribution < -0.4 is 10.2 Å². The Morgan fingerprint density at radius 1 is 1.26 bits per heavy atom. The van der Waals surface area contributed by atoms with Crippen molar-refractivity contribution in [2.24, 2.45) is 0 Å². The lowest BCUT2D eigenvalue weighted by Crippen LogP contribution is -2.59. The van der Waals surface area contributed by atoms with Gasteiger partial charge in [0, 0.05) is 31.4 Å². The highest BCUT2D eigenvalue weighted by molar-refractivity contribution is 5.60. The number of nitrogens with zero attached hydrogens (tertiary/aromatic N) is 2. The van der Waals surface area contributed by atoms with Crippen LogP contribution in [-0.4, -0.2) is 50.7 Å². The Balaban J connectivity index is 2.31. The summed E-state index contributed by atoms with van der Waals surface area (Å²) in [5.41, 5.74) is 4.21. The predicted molar refractivity (Wildman–Crippen MR) is 83.1 cm³/mol.